The molecule has 1 N–H and O–H groups in total. The van der Waals surface area contributed by atoms with Gasteiger partial charge in [-0.2, -0.15) is 0 Å². The zero-order chi connectivity index (χ0) is 20.2. The van der Waals surface area contributed by atoms with E-state index in [4.69, 9.17) is 0 Å². The molecule has 5 heteroatoms. The summed E-state index contributed by atoms with van der Waals surface area (Å²) in [7, 11) is 0. The Labute approximate surface area is 168 Å². The quantitative estimate of drug-likeness (QED) is 0.560. The molecule has 0 radical (unpaired) electrons. The average Bonchev–Trinajstić information content (AvgIpc) is 3.31. The Morgan fingerprint density at radius 2 is 1.83 bits per heavy atom. The minimum absolute atomic E-state index is 0.141. The lowest BCUT2D eigenvalue weighted by molar-refractivity contribution is 0.0793. The van der Waals surface area contributed by atoms with Crippen molar-refractivity contribution in [1.29, 1.82) is 0 Å². The monoisotopic (exact) mass is 392 g/mol. The van der Waals surface area contributed by atoms with Gasteiger partial charge in [0, 0.05) is 40.3 Å². The van der Waals surface area contributed by atoms with Crippen LogP contribution in [0.1, 0.15) is 54.2 Å². The van der Waals surface area contributed by atoms with Gasteiger partial charge in [0.25, 0.3) is 5.91 Å². The summed E-state index contributed by atoms with van der Waals surface area (Å²) in [6.07, 6.45) is 6.09. The predicted octanol–water partition coefficient (Wildman–Crippen LogP) is 5.77. The first-order valence-electron chi connectivity index (χ1n) is 10.0. The number of hydrogen-bond donors (Lipinski definition) is 1. The first kappa shape index (κ1) is 18.1. The number of hydrogen-bond acceptors (Lipinski definition) is 1. The molecule has 29 heavy (non-hydrogen) atoms. The number of halogens is 2. The zero-order valence-electron chi connectivity index (χ0n) is 16.3. The number of para-hydroxylation sites is 1. The average molecular weight is 392 g/mol. The number of allylic oxidation sites excluding steroid dienone is 1. The molecule has 0 atom stereocenters. The molecule has 2 heterocycles. The van der Waals surface area contributed by atoms with Gasteiger partial charge in [-0.05, 0) is 55.2 Å². The molecule has 0 unspecified atom stereocenters. The summed E-state index contributed by atoms with van der Waals surface area (Å²) in [5, 5.41) is 1.21. The maximum atomic E-state index is 13.7. The third-order valence-corrected chi connectivity index (χ3v) is 6.44. The van der Waals surface area contributed by atoms with Gasteiger partial charge >= 0.3 is 0 Å². The van der Waals surface area contributed by atoms with Crippen LogP contribution in [0.15, 0.2) is 48.7 Å². The maximum Gasteiger partial charge on any atom is 0.257 e. The van der Waals surface area contributed by atoms with Crippen molar-refractivity contribution in [1.82, 2.24) is 9.88 Å². The van der Waals surface area contributed by atoms with Crippen molar-refractivity contribution in [3.63, 3.8) is 0 Å². The van der Waals surface area contributed by atoms with E-state index in [1.165, 1.54) is 17.0 Å². The predicted molar refractivity (Wildman–Crippen MR) is 109 cm³/mol. The summed E-state index contributed by atoms with van der Waals surface area (Å²) >= 11 is 0. The molecular formula is C24H22F2N2O. The Balaban J connectivity index is 1.64. The molecule has 1 aromatic heterocycles. The number of fused-ring (bicyclic) bond motifs is 4. The van der Waals surface area contributed by atoms with Gasteiger partial charge in [-0.15, -0.1) is 0 Å². The largest absolute Gasteiger partial charge is 0.355 e. The number of amides is 1. The van der Waals surface area contributed by atoms with Crippen LogP contribution in [0, 0.1) is 11.6 Å². The van der Waals surface area contributed by atoms with Crippen molar-refractivity contribution in [2.24, 2.45) is 0 Å². The molecule has 1 saturated carbocycles. The highest BCUT2D eigenvalue weighted by molar-refractivity contribution is 5.97. The van der Waals surface area contributed by atoms with Gasteiger partial charge < -0.3 is 9.88 Å². The first-order valence-corrected chi connectivity index (χ1v) is 10.0. The number of nitrogens with one attached hydrogen (secondary N) is 1. The minimum atomic E-state index is -1.00. The molecule has 1 aliphatic carbocycles. The highest BCUT2D eigenvalue weighted by atomic mass is 19.2. The SMILES string of the molecule is CC1=CN(C(=O)c2ccc(F)c(F)c2)CC2(CCCC2)c2c1[nH]c1ccccc21. The van der Waals surface area contributed by atoms with Gasteiger partial charge in [0.15, 0.2) is 11.6 Å². The molecule has 2 aromatic carbocycles. The number of carbonyl (C=O) groups is 1. The highest BCUT2D eigenvalue weighted by Crippen LogP contribution is 2.49. The minimum Gasteiger partial charge on any atom is -0.355 e. The van der Waals surface area contributed by atoms with E-state index < -0.39 is 11.6 Å². The number of aromatic nitrogens is 1. The van der Waals surface area contributed by atoms with Crippen LogP contribution >= 0.6 is 0 Å². The summed E-state index contributed by atoms with van der Waals surface area (Å²) in [5.74, 6) is -2.25. The molecule has 148 valence electrons. The Kier molecular flexibility index (Phi) is 4.09. The Morgan fingerprint density at radius 3 is 2.59 bits per heavy atom. The summed E-state index contributed by atoms with van der Waals surface area (Å²) < 4.78 is 27.1. The normalized spacial score (nSPS) is 18.0. The Bertz CT molecular complexity index is 1150. The van der Waals surface area contributed by atoms with Crippen molar-refractivity contribution < 1.29 is 13.6 Å². The maximum absolute atomic E-state index is 13.7. The Hall–Kier alpha value is -2.95. The van der Waals surface area contributed by atoms with E-state index >= 15 is 0 Å². The molecule has 0 bridgehead atoms. The van der Waals surface area contributed by atoms with Crippen LogP contribution in [0.5, 0.6) is 0 Å². The third-order valence-electron chi connectivity index (χ3n) is 6.44. The fourth-order valence-corrected chi connectivity index (χ4v) is 5.12. The molecule has 2 aliphatic rings. The van der Waals surface area contributed by atoms with Crippen LogP contribution in [-0.4, -0.2) is 22.3 Å². The van der Waals surface area contributed by atoms with E-state index in [1.807, 2.05) is 25.3 Å². The van der Waals surface area contributed by atoms with Crippen LogP contribution in [0.3, 0.4) is 0 Å². The molecule has 3 nitrogen and oxygen atoms in total. The van der Waals surface area contributed by atoms with E-state index in [9.17, 15) is 13.6 Å². The van der Waals surface area contributed by atoms with Gasteiger partial charge in [-0.25, -0.2) is 8.78 Å². The molecule has 1 aliphatic heterocycles. The fourth-order valence-electron chi connectivity index (χ4n) is 5.12. The van der Waals surface area contributed by atoms with Gasteiger partial charge in [0.2, 0.25) is 0 Å². The number of H-pyrrole nitrogens is 1. The number of nitrogens with zero attached hydrogens (tertiary/aromatic N) is 1. The lowest BCUT2D eigenvalue weighted by Gasteiger charge is -2.33. The summed E-state index contributed by atoms with van der Waals surface area (Å²) in [5.41, 5.74) is 4.47. The third kappa shape index (κ3) is 2.79. The standard InChI is InChI=1S/C24H22F2N2O/c1-15-13-28(23(29)16-8-9-18(25)19(26)12-16)14-24(10-4-5-11-24)21-17-6-2-3-7-20(17)27-22(15)21/h2-3,6-9,12-13,27H,4-5,10-11,14H2,1H3. The van der Waals surface area contributed by atoms with E-state index in [0.717, 1.165) is 54.6 Å². The van der Waals surface area contributed by atoms with E-state index in [-0.39, 0.29) is 16.9 Å². The molecule has 5 rings (SSSR count). The first-order chi connectivity index (χ1) is 14.0. The van der Waals surface area contributed by atoms with Gasteiger partial charge in [-0.1, -0.05) is 31.0 Å². The van der Waals surface area contributed by atoms with Gasteiger partial charge in [-0.3, -0.25) is 4.79 Å². The van der Waals surface area contributed by atoms with Crippen molar-refractivity contribution >= 4 is 22.4 Å². The second-order valence-electron chi connectivity index (χ2n) is 8.28. The van der Waals surface area contributed by atoms with Crippen molar-refractivity contribution in [3.05, 3.63) is 77.1 Å². The van der Waals surface area contributed by atoms with Crippen LogP contribution < -0.4 is 0 Å². The topological polar surface area (TPSA) is 36.1 Å². The summed E-state index contributed by atoms with van der Waals surface area (Å²) in [4.78, 5) is 18.5. The molecule has 1 amide bonds. The number of aromatic amines is 1. The number of carbonyl (C=O) groups excluding carboxylic acids is 1. The fraction of sp³-hybridized carbons (Fsp3) is 0.292. The molecule has 3 aromatic rings. The van der Waals surface area contributed by atoms with Gasteiger partial charge in [0.1, 0.15) is 0 Å². The van der Waals surface area contributed by atoms with Crippen molar-refractivity contribution in [3.8, 4) is 0 Å². The van der Waals surface area contributed by atoms with Crippen LogP contribution in [-0.2, 0) is 5.41 Å². The summed E-state index contributed by atoms with van der Waals surface area (Å²) in [6, 6.07) is 11.7. The van der Waals surface area contributed by atoms with E-state index in [1.54, 1.807) is 4.90 Å². The lowest BCUT2D eigenvalue weighted by Crippen LogP contribution is -2.39. The smallest absolute Gasteiger partial charge is 0.257 e. The van der Waals surface area contributed by atoms with Crippen LogP contribution in [0.2, 0.25) is 0 Å². The van der Waals surface area contributed by atoms with Crippen molar-refractivity contribution in [2.45, 2.75) is 38.0 Å². The second kappa shape index (κ2) is 6.55. The summed E-state index contributed by atoms with van der Waals surface area (Å²) in [6.45, 7) is 2.53. The van der Waals surface area contributed by atoms with Crippen LogP contribution in [0.25, 0.3) is 16.5 Å². The molecule has 1 fully saturated rings. The Morgan fingerprint density at radius 1 is 1.07 bits per heavy atom. The van der Waals surface area contributed by atoms with Crippen molar-refractivity contribution in [2.75, 3.05) is 6.54 Å². The lowest BCUT2D eigenvalue weighted by atomic mass is 9.76. The molecule has 1 spiro atoms. The van der Waals surface area contributed by atoms with E-state index in [0.29, 0.717) is 6.54 Å². The van der Waals surface area contributed by atoms with E-state index in [2.05, 4.69) is 17.1 Å². The number of benzene rings is 2. The highest BCUT2D eigenvalue weighted by Gasteiger charge is 2.43. The second-order valence-corrected chi connectivity index (χ2v) is 8.28. The van der Waals surface area contributed by atoms with Crippen LogP contribution in [0.4, 0.5) is 8.78 Å². The van der Waals surface area contributed by atoms with Gasteiger partial charge in [0.05, 0.1) is 0 Å². The zero-order valence-corrected chi connectivity index (χ0v) is 16.3. The molecular weight excluding hydrogens is 370 g/mol. The molecule has 0 saturated heterocycles. The number of rotatable bonds is 1.